The van der Waals surface area contributed by atoms with Crippen LogP contribution in [-0.2, 0) is 17.8 Å². The van der Waals surface area contributed by atoms with Crippen LogP contribution < -0.4 is 0 Å². The number of nitrogens with zero attached hydrogens (tertiary/aromatic N) is 2. The summed E-state index contributed by atoms with van der Waals surface area (Å²) >= 11 is 8.06. The van der Waals surface area contributed by atoms with Gasteiger partial charge in [-0.05, 0) is 17.9 Å². The summed E-state index contributed by atoms with van der Waals surface area (Å²) in [5.41, 5.74) is 2.94. The normalized spacial score (nSPS) is 14.1. The van der Waals surface area contributed by atoms with E-state index in [2.05, 4.69) is 41.2 Å². The summed E-state index contributed by atoms with van der Waals surface area (Å²) in [4.78, 5) is 10.3. The number of halogens is 1. The molecule has 0 atom stereocenters. The summed E-state index contributed by atoms with van der Waals surface area (Å²) in [7, 11) is 0. The quantitative estimate of drug-likeness (QED) is 0.634. The lowest BCUT2D eigenvalue weighted by Crippen LogP contribution is -2.14. The van der Waals surface area contributed by atoms with Crippen LogP contribution in [0.15, 0.2) is 29.2 Å². The van der Waals surface area contributed by atoms with Crippen molar-refractivity contribution in [2.75, 3.05) is 12.4 Å². The van der Waals surface area contributed by atoms with Gasteiger partial charge in [-0.15, -0.1) is 11.8 Å². The van der Waals surface area contributed by atoms with Crippen LogP contribution in [0.3, 0.4) is 0 Å². The zero-order chi connectivity index (χ0) is 13.9. The summed E-state index contributed by atoms with van der Waals surface area (Å²) in [6.07, 6.45) is 0.800. The van der Waals surface area contributed by atoms with Crippen molar-refractivity contribution in [2.45, 2.75) is 24.8 Å². The number of rotatable bonds is 3. The van der Waals surface area contributed by atoms with Gasteiger partial charge < -0.3 is 4.74 Å². The number of benzene rings is 1. The van der Waals surface area contributed by atoms with Crippen molar-refractivity contribution in [3.8, 4) is 11.4 Å². The summed E-state index contributed by atoms with van der Waals surface area (Å²) in [5, 5.41) is 0.511. The number of thioether (sulfide) groups is 1. The summed E-state index contributed by atoms with van der Waals surface area (Å²) in [6.45, 7) is 3.36. The third-order valence-electron chi connectivity index (χ3n) is 3.20. The van der Waals surface area contributed by atoms with Crippen molar-refractivity contribution in [1.29, 1.82) is 0 Å². The molecule has 0 aliphatic carbocycles. The number of fused-ring (bicyclic) bond motifs is 1. The zero-order valence-corrected chi connectivity index (χ0v) is 12.8. The first kappa shape index (κ1) is 13.9. The number of hydrogen-bond donors (Lipinski definition) is 0. The maximum absolute atomic E-state index is 6.24. The maximum Gasteiger partial charge on any atom is 0.161 e. The average molecular weight is 307 g/mol. The molecule has 0 radical (unpaired) electrons. The molecule has 2 aromatic rings. The van der Waals surface area contributed by atoms with Crippen LogP contribution in [0.5, 0.6) is 0 Å². The first-order chi connectivity index (χ1) is 9.78. The lowest BCUT2D eigenvalue weighted by Gasteiger charge is -2.17. The van der Waals surface area contributed by atoms with Gasteiger partial charge in [0.25, 0.3) is 0 Å². The molecule has 0 spiro atoms. The minimum Gasteiger partial charge on any atom is -0.376 e. The fourth-order valence-electron chi connectivity index (χ4n) is 2.19. The third kappa shape index (κ3) is 2.82. The molecule has 3 rings (SSSR count). The molecule has 0 fully saturated rings. The van der Waals surface area contributed by atoms with Crippen LogP contribution in [0.1, 0.15) is 18.2 Å². The van der Waals surface area contributed by atoms with E-state index < -0.39 is 0 Å². The predicted octanol–water partition coefficient (Wildman–Crippen LogP) is 3.98. The largest absolute Gasteiger partial charge is 0.376 e. The fourth-order valence-corrected chi connectivity index (χ4v) is 3.09. The lowest BCUT2D eigenvalue weighted by molar-refractivity contribution is 0.109. The molecule has 2 heterocycles. The Balaban J connectivity index is 1.95. The molecule has 0 bridgehead atoms. The van der Waals surface area contributed by atoms with E-state index in [0.29, 0.717) is 24.2 Å². The summed E-state index contributed by atoms with van der Waals surface area (Å²) < 4.78 is 5.40. The maximum atomic E-state index is 6.24. The highest BCUT2D eigenvalue weighted by molar-refractivity contribution is 7.99. The van der Waals surface area contributed by atoms with Crippen molar-refractivity contribution < 1.29 is 4.74 Å². The van der Waals surface area contributed by atoms with Crippen LogP contribution in [0.4, 0.5) is 0 Å². The van der Waals surface area contributed by atoms with Crippen molar-refractivity contribution in [3.05, 3.63) is 40.7 Å². The molecule has 3 nitrogen and oxygen atoms in total. The predicted molar refractivity (Wildman–Crippen MR) is 82.2 cm³/mol. The van der Waals surface area contributed by atoms with E-state index in [1.54, 1.807) is 0 Å². The average Bonchev–Trinajstić information content (AvgIpc) is 2.48. The molecule has 1 aliphatic heterocycles. The number of ether oxygens (including phenoxy) is 1. The van der Waals surface area contributed by atoms with Crippen LogP contribution in [0.2, 0.25) is 5.15 Å². The highest BCUT2D eigenvalue weighted by Gasteiger charge is 2.17. The van der Waals surface area contributed by atoms with Crippen LogP contribution in [0, 0.1) is 0 Å². The third-order valence-corrected chi connectivity index (χ3v) is 4.40. The Bertz CT molecular complexity index is 616. The van der Waals surface area contributed by atoms with Gasteiger partial charge in [-0.1, -0.05) is 30.7 Å². The molecule has 0 saturated heterocycles. The lowest BCUT2D eigenvalue weighted by atomic mass is 10.1. The second-order valence-corrected chi connectivity index (χ2v) is 6.22. The van der Waals surface area contributed by atoms with E-state index in [1.807, 2.05) is 11.8 Å². The van der Waals surface area contributed by atoms with Gasteiger partial charge >= 0.3 is 0 Å². The van der Waals surface area contributed by atoms with Crippen molar-refractivity contribution in [1.82, 2.24) is 9.97 Å². The van der Waals surface area contributed by atoms with Crippen molar-refractivity contribution in [3.63, 3.8) is 0 Å². The van der Waals surface area contributed by atoms with Gasteiger partial charge in [0.1, 0.15) is 5.15 Å². The minimum atomic E-state index is 0.511. The molecule has 0 N–H and O–H groups in total. The van der Waals surface area contributed by atoms with E-state index >= 15 is 0 Å². The fraction of sp³-hybridized carbons (Fsp3) is 0.333. The molecule has 5 heteroatoms. The zero-order valence-electron chi connectivity index (χ0n) is 11.2. The second kappa shape index (κ2) is 6.12. The Morgan fingerprint density at radius 1 is 1.25 bits per heavy atom. The minimum absolute atomic E-state index is 0.511. The van der Waals surface area contributed by atoms with E-state index in [9.17, 15) is 0 Å². The Morgan fingerprint density at radius 3 is 2.80 bits per heavy atom. The van der Waals surface area contributed by atoms with E-state index in [0.717, 1.165) is 29.0 Å². The van der Waals surface area contributed by atoms with Gasteiger partial charge in [-0.3, -0.25) is 0 Å². The molecule has 1 aromatic heterocycles. The molecule has 1 aromatic carbocycles. The molecular weight excluding hydrogens is 292 g/mol. The topological polar surface area (TPSA) is 35.0 Å². The van der Waals surface area contributed by atoms with Gasteiger partial charge in [-0.25, -0.2) is 9.97 Å². The SMILES string of the molecule is CCSc1ccc(-c2nc(Cl)c3c(n2)CCOC3)cc1. The smallest absolute Gasteiger partial charge is 0.161 e. The first-order valence-electron chi connectivity index (χ1n) is 6.64. The molecule has 104 valence electrons. The van der Waals surface area contributed by atoms with Crippen molar-refractivity contribution in [2.24, 2.45) is 0 Å². The second-order valence-electron chi connectivity index (χ2n) is 4.52. The summed E-state index contributed by atoms with van der Waals surface area (Å²) in [5.74, 6) is 1.77. The molecular formula is C15H15ClN2OS. The van der Waals surface area contributed by atoms with E-state index in [1.165, 1.54) is 4.90 Å². The Labute approximate surface area is 127 Å². The molecule has 0 amide bonds. The van der Waals surface area contributed by atoms with Crippen molar-refractivity contribution >= 4 is 23.4 Å². The Morgan fingerprint density at radius 2 is 2.05 bits per heavy atom. The molecule has 0 saturated carbocycles. The number of aromatic nitrogens is 2. The van der Waals surface area contributed by atoms with E-state index in [-0.39, 0.29) is 0 Å². The highest BCUT2D eigenvalue weighted by atomic mass is 35.5. The highest BCUT2D eigenvalue weighted by Crippen LogP contribution is 2.27. The van der Waals surface area contributed by atoms with Gasteiger partial charge in [0.2, 0.25) is 0 Å². The summed E-state index contributed by atoms with van der Waals surface area (Å²) in [6, 6.07) is 8.30. The molecule has 0 unspecified atom stereocenters. The molecule has 20 heavy (non-hydrogen) atoms. The van der Waals surface area contributed by atoms with Crippen LogP contribution in [-0.4, -0.2) is 22.3 Å². The van der Waals surface area contributed by atoms with Crippen LogP contribution >= 0.6 is 23.4 Å². The Kier molecular flexibility index (Phi) is 4.24. The molecule has 1 aliphatic rings. The first-order valence-corrected chi connectivity index (χ1v) is 8.00. The van der Waals surface area contributed by atoms with Crippen LogP contribution in [0.25, 0.3) is 11.4 Å². The van der Waals surface area contributed by atoms with E-state index in [4.69, 9.17) is 16.3 Å². The van der Waals surface area contributed by atoms with Gasteiger partial charge in [-0.2, -0.15) is 0 Å². The van der Waals surface area contributed by atoms with Gasteiger partial charge in [0, 0.05) is 22.4 Å². The van der Waals surface area contributed by atoms with Gasteiger partial charge in [0.15, 0.2) is 5.82 Å². The Hall–Kier alpha value is -1.10. The number of hydrogen-bond acceptors (Lipinski definition) is 4. The standard InChI is InChI=1S/C15H15ClN2OS/c1-2-20-11-5-3-10(4-6-11)15-17-13-7-8-19-9-12(13)14(16)18-15/h3-6H,2,7-9H2,1H3. The monoisotopic (exact) mass is 306 g/mol. The van der Waals surface area contributed by atoms with Gasteiger partial charge in [0.05, 0.1) is 18.9 Å².